The number of benzene rings is 1. The van der Waals surface area contributed by atoms with Crippen LogP contribution in [0.15, 0.2) is 29.4 Å². The maximum atomic E-state index is 10.3. The summed E-state index contributed by atoms with van der Waals surface area (Å²) in [6, 6.07) is 7.13. The Morgan fingerprint density at radius 2 is 2.05 bits per heavy atom. The van der Waals surface area contributed by atoms with Gasteiger partial charge in [0.15, 0.2) is 0 Å². The normalized spacial score (nSPS) is 16.6. The third-order valence-electron chi connectivity index (χ3n) is 3.20. The first-order valence-corrected chi connectivity index (χ1v) is 6.66. The number of rotatable bonds is 5. The highest BCUT2D eigenvalue weighted by atomic mass is 16.5. The first-order valence-electron chi connectivity index (χ1n) is 6.66. The average molecular weight is 277 g/mol. The van der Waals surface area contributed by atoms with Gasteiger partial charge in [0.25, 0.3) is 0 Å². The number of carboxylic acid groups (broad SMARTS) is 1. The van der Waals surface area contributed by atoms with Crippen molar-refractivity contribution in [2.24, 2.45) is 5.10 Å². The lowest BCUT2D eigenvalue weighted by molar-refractivity contribution is -0.884. The molecule has 0 spiro atoms. The molecular formula is C14H19N3O3. The summed E-state index contributed by atoms with van der Waals surface area (Å²) in [5.74, 6) is -0.720. The summed E-state index contributed by atoms with van der Waals surface area (Å²) in [7, 11) is 2.19. The molecule has 20 heavy (non-hydrogen) atoms. The van der Waals surface area contributed by atoms with Gasteiger partial charge in [-0.15, -0.1) is 0 Å². The van der Waals surface area contributed by atoms with Gasteiger partial charge in [-0.2, -0.15) is 5.10 Å². The summed E-state index contributed by atoms with van der Waals surface area (Å²) >= 11 is 0. The fourth-order valence-electron chi connectivity index (χ4n) is 1.93. The highest BCUT2D eigenvalue weighted by molar-refractivity contribution is 5.79. The van der Waals surface area contributed by atoms with Crippen LogP contribution in [0.4, 0.5) is 0 Å². The lowest BCUT2D eigenvalue weighted by atomic mass is 10.2. The second-order valence-corrected chi connectivity index (χ2v) is 4.89. The molecular weight excluding hydrogens is 258 g/mol. The van der Waals surface area contributed by atoms with Gasteiger partial charge in [-0.25, -0.2) is 0 Å². The Morgan fingerprint density at radius 1 is 1.40 bits per heavy atom. The number of aliphatic carboxylic acids is 1. The Kier molecular flexibility index (Phi) is 4.95. The molecule has 0 unspecified atom stereocenters. The summed E-state index contributed by atoms with van der Waals surface area (Å²) in [6.07, 6.45) is 1.81. The molecule has 6 nitrogen and oxygen atoms in total. The molecule has 0 aliphatic carbocycles. The minimum Gasteiger partial charge on any atom is -0.546 e. The van der Waals surface area contributed by atoms with E-state index in [-0.39, 0.29) is 0 Å². The van der Waals surface area contributed by atoms with Crippen LogP contribution in [-0.4, -0.2) is 57.0 Å². The van der Waals surface area contributed by atoms with Crippen molar-refractivity contribution in [3.05, 3.63) is 29.8 Å². The number of carbonyl (C=O) groups is 1. The van der Waals surface area contributed by atoms with Crippen LogP contribution < -0.4 is 14.7 Å². The Balaban J connectivity index is 1.85. The van der Waals surface area contributed by atoms with E-state index < -0.39 is 12.6 Å². The molecule has 108 valence electrons. The second kappa shape index (κ2) is 6.91. The molecule has 1 N–H and O–H groups in total. The highest BCUT2D eigenvalue weighted by Gasteiger charge is 2.13. The number of nitrogens with one attached hydrogen (secondary N) is 1. The number of likely N-dealkylation sites (N-methyl/N-ethyl adjacent to an activating group) is 1. The molecule has 1 aromatic carbocycles. The summed E-state index contributed by atoms with van der Waals surface area (Å²) < 4.78 is 5.01. The Morgan fingerprint density at radius 3 is 2.65 bits per heavy atom. The number of hydrazone groups is 1. The Labute approximate surface area is 118 Å². The van der Waals surface area contributed by atoms with Crippen molar-refractivity contribution in [3.8, 4) is 5.75 Å². The summed E-state index contributed by atoms with van der Waals surface area (Å²) in [4.78, 5) is 11.8. The van der Waals surface area contributed by atoms with Crippen molar-refractivity contribution in [2.75, 3.05) is 39.8 Å². The topological polar surface area (TPSA) is 69.4 Å². The summed E-state index contributed by atoms with van der Waals surface area (Å²) in [5.41, 5.74) is 0.956. The van der Waals surface area contributed by atoms with Crippen LogP contribution in [0.5, 0.6) is 5.75 Å². The van der Waals surface area contributed by atoms with Crippen molar-refractivity contribution in [1.29, 1.82) is 0 Å². The van der Waals surface area contributed by atoms with Crippen LogP contribution in [0.2, 0.25) is 0 Å². The van der Waals surface area contributed by atoms with Crippen molar-refractivity contribution >= 4 is 12.2 Å². The molecule has 1 saturated heterocycles. The quantitative estimate of drug-likeness (QED) is 0.631. The van der Waals surface area contributed by atoms with Gasteiger partial charge < -0.3 is 19.5 Å². The van der Waals surface area contributed by atoms with E-state index in [1.807, 2.05) is 18.3 Å². The maximum Gasteiger partial charge on any atom is 0.128 e. The van der Waals surface area contributed by atoms with E-state index in [4.69, 9.17) is 4.74 Å². The average Bonchev–Trinajstić information content (AvgIpc) is 2.45. The molecule has 1 fully saturated rings. The van der Waals surface area contributed by atoms with Crippen molar-refractivity contribution < 1.29 is 19.5 Å². The highest BCUT2D eigenvalue weighted by Crippen LogP contribution is 2.10. The molecule has 0 amide bonds. The van der Waals surface area contributed by atoms with Gasteiger partial charge in [-0.3, -0.25) is 5.01 Å². The molecule has 0 aromatic heterocycles. The standard InChI is InChI=1S/C14H19N3O3/c1-16-6-8-17(9-7-16)15-10-12-2-4-13(5-3-12)20-11-14(18)19/h2-5,10H,6-9,11H2,1H3,(H,18,19)/b15-10-. The van der Waals surface area contributed by atoms with Gasteiger partial charge in [0.05, 0.1) is 45.4 Å². The Hall–Kier alpha value is -2.08. The molecule has 0 radical (unpaired) electrons. The van der Waals surface area contributed by atoms with Gasteiger partial charge in [0, 0.05) is 0 Å². The SMILES string of the molecule is C[NH+]1CCN(/N=C\c2ccc(OCC(=O)[O-])cc2)CC1. The van der Waals surface area contributed by atoms with Gasteiger partial charge in [0.2, 0.25) is 0 Å². The van der Waals surface area contributed by atoms with E-state index in [1.165, 1.54) is 4.90 Å². The number of hydrogen-bond acceptors (Lipinski definition) is 5. The van der Waals surface area contributed by atoms with E-state index in [1.54, 1.807) is 12.1 Å². The van der Waals surface area contributed by atoms with Gasteiger partial charge >= 0.3 is 0 Å². The van der Waals surface area contributed by atoms with Crippen molar-refractivity contribution in [3.63, 3.8) is 0 Å². The third-order valence-corrected chi connectivity index (χ3v) is 3.20. The monoisotopic (exact) mass is 277 g/mol. The fraction of sp³-hybridized carbons (Fsp3) is 0.429. The molecule has 0 bridgehead atoms. The number of ether oxygens (including phenoxy) is 1. The number of nitrogens with zero attached hydrogens (tertiary/aromatic N) is 2. The maximum absolute atomic E-state index is 10.3. The van der Waals surface area contributed by atoms with E-state index in [2.05, 4.69) is 17.2 Å². The molecule has 0 atom stereocenters. The fourth-order valence-corrected chi connectivity index (χ4v) is 1.93. The lowest BCUT2D eigenvalue weighted by Crippen LogP contribution is -3.11. The van der Waals surface area contributed by atoms with Crippen LogP contribution in [-0.2, 0) is 4.79 Å². The number of quaternary nitrogens is 1. The van der Waals surface area contributed by atoms with Crippen LogP contribution in [0.25, 0.3) is 0 Å². The number of hydrogen-bond donors (Lipinski definition) is 1. The summed E-state index contributed by atoms with van der Waals surface area (Å²) in [6.45, 7) is 3.71. The smallest absolute Gasteiger partial charge is 0.128 e. The van der Waals surface area contributed by atoms with Crippen LogP contribution in [0, 0.1) is 0 Å². The number of carboxylic acids is 1. The van der Waals surface area contributed by atoms with Crippen molar-refractivity contribution in [2.45, 2.75) is 0 Å². The van der Waals surface area contributed by atoms with E-state index in [0.717, 1.165) is 31.7 Å². The number of carbonyl (C=O) groups excluding carboxylic acids is 1. The van der Waals surface area contributed by atoms with E-state index >= 15 is 0 Å². The molecule has 1 aliphatic rings. The molecule has 1 aliphatic heterocycles. The Bertz CT molecular complexity index is 465. The van der Waals surface area contributed by atoms with Gasteiger partial charge in [-0.1, -0.05) is 0 Å². The molecule has 6 heteroatoms. The van der Waals surface area contributed by atoms with Gasteiger partial charge in [0.1, 0.15) is 12.4 Å². The summed E-state index contributed by atoms with van der Waals surface area (Å²) in [5, 5.41) is 16.8. The van der Waals surface area contributed by atoms with Crippen LogP contribution >= 0.6 is 0 Å². The largest absolute Gasteiger partial charge is 0.546 e. The zero-order valence-corrected chi connectivity index (χ0v) is 11.5. The predicted molar refractivity (Wildman–Crippen MR) is 72.7 cm³/mol. The second-order valence-electron chi connectivity index (χ2n) is 4.89. The minimum atomic E-state index is -1.23. The van der Waals surface area contributed by atoms with Crippen LogP contribution in [0.1, 0.15) is 5.56 Å². The minimum absolute atomic E-state index is 0.433. The first kappa shape index (κ1) is 14.3. The van der Waals surface area contributed by atoms with E-state index in [0.29, 0.717) is 5.75 Å². The third kappa shape index (κ3) is 4.55. The molecule has 1 aromatic rings. The van der Waals surface area contributed by atoms with Gasteiger partial charge in [-0.05, 0) is 29.8 Å². The first-order chi connectivity index (χ1) is 9.63. The number of piperazine rings is 1. The zero-order chi connectivity index (χ0) is 14.4. The van der Waals surface area contributed by atoms with Crippen molar-refractivity contribution in [1.82, 2.24) is 5.01 Å². The predicted octanol–water partition coefficient (Wildman–Crippen LogP) is -2.02. The molecule has 2 rings (SSSR count). The van der Waals surface area contributed by atoms with Crippen LogP contribution in [0.3, 0.4) is 0 Å². The van der Waals surface area contributed by atoms with E-state index in [9.17, 15) is 9.90 Å². The molecule has 1 heterocycles. The zero-order valence-electron chi connectivity index (χ0n) is 11.5. The molecule has 0 saturated carbocycles. The lowest BCUT2D eigenvalue weighted by Gasteiger charge is -2.27.